The van der Waals surface area contributed by atoms with E-state index in [-0.39, 0.29) is 5.91 Å². The van der Waals surface area contributed by atoms with Crippen LogP contribution in [0.15, 0.2) is 12.1 Å². The fraction of sp³-hybridized carbons (Fsp3) is 0.417. The maximum atomic E-state index is 11.9. The monoisotopic (exact) mass is 273 g/mol. The van der Waals surface area contributed by atoms with Gasteiger partial charge in [0.2, 0.25) is 0 Å². The number of benzene rings is 1. The minimum Gasteiger partial charge on any atom is -0.493 e. The van der Waals surface area contributed by atoms with Gasteiger partial charge < -0.3 is 9.47 Å². The zero-order valence-corrected chi connectivity index (χ0v) is 11.6. The molecule has 18 heavy (non-hydrogen) atoms. The van der Waals surface area contributed by atoms with Crippen molar-refractivity contribution in [1.29, 1.82) is 0 Å². The van der Waals surface area contributed by atoms with E-state index in [1.54, 1.807) is 6.07 Å². The molecule has 0 spiro atoms. The van der Waals surface area contributed by atoms with Crippen LogP contribution in [0.4, 0.5) is 0 Å². The Labute approximate surface area is 111 Å². The number of carbonyl (C=O) groups is 1. The Morgan fingerprint density at radius 2 is 2.06 bits per heavy atom. The van der Waals surface area contributed by atoms with Crippen LogP contribution in [-0.4, -0.2) is 38.8 Å². The standard InChI is InChI=1S/C12H16ClNO4/c1-5-18-11-9(13)6-8(7-10(11)16-3)12(15)14(2)17-4/h6-7H,5H2,1-4H3. The summed E-state index contributed by atoms with van der Waals surface area (Å²) in [7, 11) is 4.41. The van der Waals surface area contributed by atoms with E-state index in [4.69, 9.17) is 25.9 Å². The van der Waals surface area contributed by atoms with E-state index in [0.717, 1.165) is 5.06 Å². The van der Waals surface area contributed by atoms with Gasteiger partial charge in [0, 0.05) is 12.6 Å². The summed E-state index contributed by atoms with van der Waals surface area (Å²) >= 11 is 6.07. The normalized spacial score (nSPS) is 10.1. The third-order valence-corrected chi connectivity index (χ3v) is 2.61. The Morgan fingerprint density at radius 3 is 2.56 bits per heavy atom. The Kier molecular flexibility index (Phi) is 5.25. The van der Waals surface area contributed by atoms with Crippen LogP contribution < -0.4 is 9.47 Å². The first-order chi connectivity index (χ1) is 8.54. The molecule has 6 heteroatoms. The smallest absolute Gasteiger partial charge is 0.277 e. The number of hydrogen-bond acceptors (Lipinski definition) is 4. The van der Waals surface area contributed by atoms with Gasteiger partial charge in [-0.25, -0.2) is 5.06 Å². The summed E-state index contributed by atoms with van der Waals surface area (Å²) in [5, 5.41) is 1.43. The lowest BCUT2D eigenvalue weighted by Gasteiger charge is -2.16. The van der Waals surface area contributed by atoms with E-state index < -0.39 is 0 Å². The molecule has 0 aliphatic carbocycles. The number of hydroxylamine groups is 2. The van der Waals surface area contributed by atoms with Gasteiger partial charge in [-0.15, -0.1) is 0 Å². The lowest BCUT2D eigenvalue weighted by molar-refractivity contribution is -0.0757. The van der Waals surface area contributed by atoms with E-state index in [1.807, 2.05) is 6.92 Å². The molecule has 0 radical (unpaired) electrons. The average molecular weight is 274 g/mol. The molecule has 100 valence electrons. The SMILES string of the molecule is CCOc1c(Cl)cc(C(=O)N(C)OC)cc1OC. The number of amides is 1. The molecule has 0 saturated carbocycles. The fourth-order valence-electron chi connectivity index (χ4n) is 1.39. The average Bonchev–Trinajstić information content (AvgIpc) is 2.39. The van der Waals surface area contributed by atoms with Crippen LogP contribution in [0.25, 0.3) is 0 Å². The van der Waals surface area contributed by atoms with Crippen LogP contribution in [0.3, 0.4) is 0 Å². The molecule has 0 heterocycles. The van der Waals surface area contributed by atoms with Gasteiger partial charge in [-0.3, -0.25) is 9.63 Å². The highest BCUT2D eigenvalue weighted by Crippen LogP contribution is 2.36. The van der Waals surface area contributed by atoms with Crippen LogP contribution in [0.5, 0.6) is 11.5 Å². The van der Waals surface area contributed by atoms with Gasteiger partial charge in [0.25, 0.3) is 5.91 Å². The maximum Gasteiger partial charge on any atom is 0.277 e. The summed E-state index contributed by atoms with van der Waals surface area (Å²) in [6.07, 6.45) is 0. The molecule has 0 aliphatic heterocycles. The highest BCUT2D eigenvalue weighted by atomic mass is 35.5. The van der Waals surface area contributed by atoms with Crippen LogP contribution in [-0.2, 0) is 4.84 Å². The van der Waals surface area contributed by atoms with Crippen molar-refractivity contribution < 1.29 is 19.1 Å². The number of ether oxygens (including phenoxy) is 2. The number of methoxy groups -OCH3 is 1. The first-order valence-electron chi connectivity index (χ1n) is 5.37. The molecular formula is C12H16ClNO4. The molecule has 1 amide bonds. The van der Waals surface area contributed by atoms with Crippen molar-refractivity contribution in [3.05, 3.63) is 22.7 Å². The molecule has 0 bridgehead atoms. The van der Waals surface area contributed by atoms with E-state index >= 15 is 0 Å². The zero-order chi connectivity index (χ0) is 13.7. The van der Waals surface area contributed by atoms with Crippen molar-refractivity contribution in [2.45, 2.75) is 6.92 Å². The minimum absolute atomic E-state index is 0.319. The third-order valence-electron chi connectivity index (χ3n) is 2.32. The van der Waals surface area contributed by atoms with Crippen molar-refractivity contribution in [2.75, 3.05) is 27.9 Å². The lowest BCUT2D eigenvalue weighted by atomic mass is 10.2. The zero-order valence-electron chi connectivity index (χ0n) is 10.8. The third kappa shape index (κ3) is 3.05. The van der Waals surface area contributed by atoms with Crippen LogP contribution in [0, 0.1) is 0 Å². The van der Waals surface area contributed by atoms with Gasteiger partial charge in [-0.05, 0) is 19.1 Å². The van der Waals surface area contributed by atoms with E-state index in [1.165, 1.54) is 27.3 Å². The largest absolute Gasteiger partial charge is 0.493 e. The molecule has 0 atom stereocenters. The second kappa shape index (κ2) is 6.47. The minimum atomic E-state index is -0.319. The van der Waals surface area contributed by atoms with Crippen molar-refractivity contribution >= 4 is 17.5 Å². The van der Waals surface area contributed by atoms with E-state index in [9.17, 15) is 4.79 Å². The van der Waals surface area contributed by atoms with Crippen LogP contribution in [0.1, 0.15) is 17.3 Å². The van der Waals surface area contributed by atoms with E-state index in [2.05, 4.69) is 0 Å². The summed E-state index contributed by atoms with van der Waals surface area (Å²) in [6, 6.07) is 3.08. The van der Waals surface area contributed by atoms with Crippen LogP contribution in [0.2, 0.25) is 5.02 Å². The summed E-state index contributed by atoms with van der Waals surface area (Å²) in [6.45, 7) is 2.30. The summed E-state index contributed by atoms with van der Waals surface area (Å²) in [5.41, 5.74) is 0.365. The molecule has 5 nitrogen and oxygen atoms in total. The van der Waals surface area contributed by atoms with Gasteiger partial charge in [0.1, 0.15) is 0 Å². The highest BCUT2D eigenvalue weighted by Gasteiger charge is 2.18. The second-order valence-electron chi connectivity index (χ2n) is 3.41. The van der Waals surface area contributed by atoms with Crippen molar-refractivity contribution in [1.82, 2.24) is 5.06 Å². The predicted molar refractivity (Wildman–Crippen MR) is 68.3 cm³/mol. The first-order valence-corrected chi connectivity index (χ1v) is 5.75. The van der Waals surface area contributed by atoms with Gasteiger partial charge in [-0.2, -0.15) is 0 Å². The molecule has 1 rings (SSSR count). The molecular weight excluding hydrogens is 258 g/mol. The number of rotatable bonds is 5. The fourth-order valence-corrected chi connectivity index (χ4v) is 1.66. The molecule has 1 aromatic carbocycles. The number of halogens is 1. The molecule has 0 N–H and O–H groups in total. The Morgan fingerprint density at radius 1 is 1.39 bits per heavy atom. The van der Waals surface area contributed by atoms with Gasteiger partial charge in [-0.1, -0.05) is 11.6 Å². The summed E-state index contributed by atoms with van der Waals surface area (Å²) in [5.74, 6) is 0.524. The maximum absolute atomic E-state index is 11.9. The molecule has 0 aromatic heterocycles. The number of hydrogen-bond donors (Lipinski definition) is 0. The topological polar surface area (TPSA) is 48.0 Å². The quantitative estimate of drug-likeness (QED) is 0.773. The Balaban J connectivity index is 3.18. The van der Waals surface area contributed by atoms with Gasteiger partial charge >= 0.3 is 0 Å². The van der Waals surface area contributed by atoms with E-state index in [0.29, 0.717) is 28.7 Å². The summed E-state index contributed by atoms with van der Waals surface area (Å²) < 4.78 is 10.5. The molecule has 1 aromatic rings. The van der Waals surface area contributed by atoms with Gasteiger partial charge in [0.15, 0.2) is 11.5 Å². The van der Waals surface area contributed by atoms with Gasteiger partial charge in [0.05, 0.1) is 25.8 Å². The van der Waals surface area contributed by atoms with Crippen molar-refractivity contribution in [3.63, 3.8) is 0 Å². The first kappa shape index (κ1) is 14.6. The van der Waals surface area contributed by atoms with Crippen LogP contribution >= 0.6 is 11.6 Å². The number of nitrogens with zero attached hydrogens (tertiary/aromatic N) is 1. The Bertz CT molecular complexity index is 436. The number of carbonyl (C=O) groups excluding carboxylic acids is 1. The van der Waals surface area contributed by atoms with Crippen molar-refractivity contribution in [2.24, 2.45) is 0 Å². The highest BCUT2D eigenvalue weighted by molar-refractivity contribution is 6.32. The second-order valence-corrected chi connectivity index (χ2v) is 3.81. The summed E-state index contributed by atoms with van der Waals surface area (Å²) in [4.78, 5) is 16.7. The Hall–Kier alpha value is -1.46. The molecule has 0 aliphatic rings. The predicted octanol–water partition coefficient (Wildman–Crippen LogP) is 2.38. The van der Waals surface area contributed by atoms with Crippen molar-refractivity contribution in [3.8, 4) is 11.5 Å². The molecule has 0 saturated heterocycles. The molecule has 0 unspecified atom stereocenters. The molecule has 0 fully saturated rings. The lowest BCUT2D eigenvalue weighted by Crippen LogP contribution is -2.25.